The van der Waals surface area contributed by atoms with Crippen LogP contribution >= 0.6 is 0 Å². The predicted molar refractivity (Wildman–Crippen MR) is 65.5 cm³/mol. The molecule has 0 aliphatic carbocycles. The van der Waals surface area contributed by atoms with Crippen LogP contribution in [0, 0.1) is 6.92 Å². The highest BCUT2D eigenvalue weighted by atomic mass is 16.1. The van der Waals surface area contributed by atoms with Gasteiger partial charge < -0.3 is 10.6 Å². The monoisotopic (exact) mass is 236 g/mol. The molecule has 0 spiro atoms. The Morgan fingerprint density at radius 3 is 3.12 bits per heavy atom. The molecule has 1 amide bonds. The summed E-state index contributed by atoms with van der Waals surface area (Å²) in [6.45, 7) is 6.63. The molecule has 2 rings (SSSR count). The lowest BCUT2D eigenvalue weighted by molar-refractivity contribution is -0.119. The van der Waals surface area contributed by atoms with E-state index in [0.29, 0.717) is 12.5 Å². The van der Waals surface area contributed by atoms with Crippen molar-refractivity contribution in [3.05, 3.63) is 17.5 Å². The lowest BCUT2D eigenvalue weighted by atomic mass is 10.2. The molecule has 0 saturated carbocycles. The molecule has 1 aliphatic heterocycles. The Morgan fingerprint density at radius 2 is 2.47 bits per heavy atom. The predicted octanol–water partition coefficient (Wildman–Crippen LogP) is 0.580. The Balaban J connectivity index is 1.79. The average Bonchev–Trinajstić information content (AvgIpc) is 2.85. The van der Waals surface area contributed by atoms with Gasteiger partial charge in [-0.2, -0.15) is 5.10 Å². The third kappa shape index (κ3) is 3.06. The van der Waals surface area contributed by atoms with Gasteiger partial charge in [0.2, 0.25) is 5.91 Å². The summed E-state index contributed by atoms with van der Waals surface area (Å²) in [5.41, 5.74) is 2.26. The van der Waals surface area contributed by atoms with E-state index >= 15 is 0 Å². The molecule has 2 N–H and O–H groups in total. The zero-order valence-electron chi connectivity index (χ0n) is 10.5. The van der Waals surface area contributed by atoms with Gasteiger partial charge >= 0.3 is 0 Å². The van der Waals surface area contributed by atoms with Gasteiger partial charge in [0.1, 0.15) is 0 Å². The van der Waals surface area contributed by atoms with Gasteiger partial charge in [0, 0.05) is 32.1 Å². The highest BCUT2D eigenvalue weighted by Crippen LogP contribution is 2.06. The first kappa shape index (κ1) is 12.1. The number of hydrogen-bond donors (Lipinski definition) is 2. The van der Waals surface area contributed by atoms with Crippen LogP contribution in [0.5, 0.6) is 0 Å². The highest BCUT2D eigenvalue weighted by Gasteiger charge is 2.19. The van der Waals surface area contributed by atoms with E-state index in [0.717, 1.165) is 31.7 Å². The third-order valence-electron chi connectivity index (χ3n) is 3.07. The Bertz CT molecular complexity index is 399. The molecule has 0 radical (unpaired) electrons. The van der Waals surface area contributed by atoms with Gasteiger partial charge in [-0.05, 0) is 26.3 Å². The van der Waals surface area contributed by atoms with Crippen molar-refractivity contribution in [2.75, 3.05) is 6.54 Å². The van der Waals surface area contributed by atoms with Crippen LogP contribution in [0.4, 0.5) is 0 Å². The third-order valence-corrected chi connectivity index (χ3v) is 3.07. The van der Waals surface area contributed by atoms with E-state index in [1.165, 1.54) is 5.69 Å². The van der Waals surface area contributed by atoms with Gasteiger partial charge in [-0.1, -0.05) is 0 Å². The first-order valence-corrected chi connectivity index (χ1v) is 6.22. The van der Waals surface area contributed by atoms with E-state index in [-0.39, 0.29) is 5.91 Å². The van der Waals surface area contributed by atoms with Gasteiger partial charge in [-0.3, -0.25) is 9.48 Å². The summed E-state index contributed by atoms with van der Waals surface area (Å²) in [7, 11) is 0. The lowest BCUT2D eigenvalue weighted by Crippen LogP contribution is -2.35. The SMILES string of the molecule is CCn1nc(C)cc1CNCC1CCC(=O)N1. The number of rotatable bonds is 5. The van der Waals surface area contributed by atoms with Gasteiger partial charge in [-0.15, -0.1) is 0 Å². The summed E-state index contributed by atoms with van der Waals surface area (Å²) < 4.78 is 2.01. The van der Waals surface area contributed by atoms with Crippen LogP contribution in [0.15, 0.2) is 6.07 Å². The minimum atomic E-state index is 0.172. The molecule has 0 aromatic carbocycles. The topological polar surface area (TPSA) is 59.0 Å². The number of hydrogen-bond acceptors (Lipinski definition) is 3. The molecule has 0 bridgehead atoms. The Hall–Kier alpha value is -1.36. The summed E-state index contributed by atoms with van der Waals surface area (Å²) >= 11 is 0. The van der Waals surface area contributed by atoms with Gasteiger partial charge in [0.05, 0.1) is 11.4 Å². The molecule has 1 atom stereocenters. The fourth-order valence-electron chi connectivity index (χ4n) is 2.22. The van der Waals surface area contributed by atoms with Crippen molar-refractivity contribution in [1.29, 1.82) is 0 Å². The van der Waals surface area contributed by atoms with E-state index in [4.69, 9.17) is 0 Å². The number of nitrogens with zero attached hydrogens (tertiary/aromatic N) is 2. The van der Waals surface area contributed by atoms with Crippen LogP contribution in [-0.2, 0) is 17.9 Å². The van der Waals surface area contributed by atoms with Crippen LogP contribution in [0.1, 0.15) is 31.2 Å². The number of carbonyl (C=O) groups is 1. The van der Waals surface area contributed by atoms with E-state index < -0.39 is 0 Å². The van der Waals surface area contributed by atoms with Crippen LogP contribution < -0.4 is 10.6 Å². The van der Waals surface area contributed by atoms with E-state index in [1.807, 2.05) is 11.6 Å². The van der Waals surface area contributed by atoms with Crippen molar-refractivity contribution in [2.45, 2.75) is 45.8 Å². The standard InChI is InChI=1S/C12H20N4O/c1-3-16-11(6-9(2)15-16)8-13-7-10-4-5-12(17)14-10/h6,10,13H,3-5,7-8H2,1-2H3,(H,14,17). The van der Waals surface area contributed by atoms with Crippen molar-refractivity contribution in [2.24, 2.45) is 0 Å². The number of aromatic nitrogens is 2. The van der Waals surface area contributed by atoms with Crippen LogP contribution in [-0.4, -0.2) is 28.3 Å². The zero-order chi connectivity index (χ0) is 12.3. The second-order valence-corrected chi connectivity index (χ2v) is 4.53. The van der Waals surface area contributed by atoms with Crippen molar-refractivity contribution in [1.82, 2.24) is 20.4 Å². The minimum Gasteiger partial charge on any atom is -0.352 e. The van der Waals surface area contributed by atoms with Crippen LogP contribution in [0.25, 0.3) is 0 Å². The maximum Gasteiger partial charge on any atom is 0.220 e. The Labute approximate surface area is 102 Å². The van der Waals surface area contributed by atoms with Crippen LogP contribution in [0.3, 0.4) is 0 Å². The van der Waals surface area contributed by atoms with E-state index in [2.05, 4.69) is 28.7 Å². The summed E-state index contributed by atoms with van der Waals surface area (Å²) in [6, 6.07) is 2.39. The molecule has 17 heavy (non-hydrogen) atoms. The molecule has 5 nitrogen and oxygen atoms in total. The van der Waals surface area contributed by atoms with Gasteiger partial charge in [0.15, 0.2) is 0 Å². The fraction of sp³-hybridized carbons (Fsp3) is 0.667. The molecule has 1 aliphatic rings. The second-order valence-electron chi connectivity index (χ2n) is 4.53. The number of nitrogens with one attached hydrogen (secondary N) is 2. The first-order valence-electron chi connectivity index (χ1n) is 6.22. The van der Waals surface area contributed by atoms with Crippen molar-refractivity contribution in [3.63, 3.8) is 0 Å². The number of aryl methyl sites for hydroxylation is 2. The molecule has 94 valence electrons. The largest absolute Gasteiger partial charge is 0.352 e. The summed E-state index contributed by atoms with van der Waals surface area (Å²) in [6.07, 6.45) is 1.61. The van der Waals surface area contributed by atoms with E-state index in [1.54, 1.807) is 0 Å². The molecule has 5 heteroatoms. The number of amides is 1. The van der Waals surface area contributed by atoms with Gasteiger partial charge in [0.25, 0.3) is 0 Å². The maximum absolute atomic E-state index is 11.0. The molecular formula is C12H20N4O. The van der Waals surface area contributed by atoms with E-state index in [9.17, 15) is 4.79 Å². The molecule has 2 heterocycles. The second kappa shape index (κ2) is 5.31. The van der Waals surface area contributed by atoms with Gasteiger partial charge in [-0.25, -0.2) is 0 Å². The van der Waals surface area contributed by atoms with Crippen molar-refractivity contribution in [3.8, 4) is 0 Å². The molecule has 1 fully saturated rings. The fourth-order valence-corrected chi connectivity index (χ4v) is 2.22. The molecule has 1 aromatic rings. The zero-order valence-corrected chi connectivity index (χ0v) is 10.5. The normalized spacial score (nSPS) is 19.6. The van der Waals surface area contributed by atoms with Crippen molar-refractivity contribution >= 4 is 5.91 Å². The summed E-state index contributed by atoms with van der Waals surface area (Å²) in [5.74, 6) is 0.172. The quantitative estimate of drug-likeness (QED) is 0.786. The van der Waals surface area contributed by atoms with Crippen LogP contribution in [0.2, 0.25) is 0 Å². The summed E-state index contributed by atoms with van der Waals surface area (Å²) in [5, 5.41) is 10.7. The lowest BCUT2D eigenvalue weighted by Gasteiger charge is -2.11. The molecule has 1 aromatic heterocycles. The highest BCUT2D eigenvalue weighted by molar-refractivity contribution is 5.78. The Kier molecular flexibility index (Phi) is 3.78. The van der Waals surface area contributed by atoms with Crippen molar-refractivity contribution < 1.29 is 4.79 Å². The molecule has 1 unspecified atom stereocenters. The minimum absolute atomic E-state index is 0.172. The molecular weight excluding hydrogens is 216 g/mol. The summed E-state index contributed by atoms with van der Waals surface area (Å²) in [4.78, 5) is 11.0. The maximum atomic E-state index is 11.0. The average molecular weight is 236 g/mol. The molecule has 1 saturated heterocycles. The smallest absolute Gasteiger partial charge is 0.220 e. The Morgan fingerprint density at radius 1 is 1.65 bits per heavy atom. The first-order chi connectivity index (χ1) is 8.19. The number of carbonyl (C=O) groups excluding carboxylic acids is 1.